The fourth-order valence-corrected chi connectivity index (χ4v) is 2.77. The van der Waals surface area contributed by atoms with Gasteiger partial charge >= 0.3 is 5.97 Å². The second-order valence-corrected chi connectivity index (χ2v) is 5.78. The summed E-state index contributed by atoms with van der Waals surface area (Å²) in [6.07, 6.45) is -1.07. The van der Waals surface area contributed by atoms with Crippen LogP contribution in [-0.4, -0.2) is 40.4 Å². The van der Waals surface area contributed by atoms with Crippen LogP contribution >= 0.6 is 0 Å². The second kappa shape index (κ2) is 7.27. The van der Waals surface area contributed by atoms with Crippen LogP contribution in [0, 0.1) is 0 Å². The van der Waals surface area contributed by atoms with Gasteiger partial charge in [0.25, 0.3) is 11.8 Å². The summed E-state index contributed by atoms with van der Waals surface area (Å²) in [6.45, 7) is 0.118. The fourth-order valence-electron chi connectivity index (χ4n) is 2.77. The summed E-state index contributed by atoms with van der Waals surface area (Å²) < 4.78 is 5.67. The monoisotopic (exact) mass is 339 g/mol. The first-order valence-corrected chi connectivity index (χ1v) is 7.89. The molecule has 1 heterocycles. The average molecular weight is 339 g/mol. The number of carboxylic acid groups (broad SMARTS) is 1. The van der Waals surface area contributed by atoms with Crippen LogP contribution in [0.4, 0.5) is 0 Å². The van der Waals surface area contributed by atoms with Crippen molar-refractivity contribution in [3.63, 3.8) is 0 Å². The summed E-state index contributed by atoms with van der Waals surface area (Å²) in [5.41, 5.74) is 1.56. The summed E-state index contributed by atoms with van der Waals surface area (Å²) in [6, 6.07) is 15.9. The maximum absolute atomic E-state index is 12.4. The number of rotatable bonds is 7. The topological polar surface area (TPSA) is 83.9 Å². The van der Waals surface area contributed by atoms with Gasteiger partial charge < -0.3 is 9.84 Å². The third-order valence-electron chi connectivity index (χ3n) is 4.00. The van der Waals surface area contributed by atoms with Gasteiger partial charge in [-0.15, -0.1) is 0 Å². The number of amides is 2. The maximum Gasteiger partial charge on any atom is 0.306 e. The lowest BCUT2D eigenvalue weighted by atomic mass is 10.1. The van der Waals surface area contributed by atoms with Crippen molar-refractivity contribution in [2.75, 3.05) is 6.54 Å². The van der Waals surface area contributed by atoms with Gasteiger partial charge in [-0.1, -0.05) is 42.5 Å². The van der Waals surface area contributed by atoms with E-state index in [1.165, 1.54) is 0 Å². The lowest BCUT2D eigenvalue weighted by molar-refractivity contribution is -0.140. The normalized spacial score (nSPS) is 14.5. The number of aliphatic carboxylic acids is 1. The number of ether oxygens (including phenoxy) is 1. The molecule has 0 saturated carbocycles. The summed E-state index contributed by atoms with van der Waals surface area (Å²) in [5, 5.41) is 9.09. The Labute approximate surface area is 144 Å². The molecule has 6 nitrogen and oxygen atoms in total. The Morgan fingerprint density at radius 1 is 0.960 bits per heavy atom. The van der Waals surface area contributed by atoms with Gasteiger partial charge in [0.05, 0.1) is 36.8 Å². The number of carbonyl (C=O) groups is 3. The van der Waals surface area contributed by atoms with Gasteiger partial charge in [0.1, 0.15) is 0 Å². The third-order valence-corrected chi connectivity index (χ3v) is 4.00. The number of nitrogens with zero attached hydrogens (tertiary/aromatic N) is 1. The molecule has 2 aromatic rings. The van der Waals surface area contributed by atoms with Gasteiger partial charge in [-0.2, -0.15) is 0 Å². The Morgan fingerprint density at radius 3 is 2.08 bits per heavy atom. The first-order chi connectivity index (χ1) is 12.1. The zero-order valence-corrected chi connectivity index (χ0v) is 13.4. The van der Waals surface area contributed by atoms with E-state index in [1.54, 1.807) is 24.3 Å². The standard InChI is InChI=1S/C19H17NO5/c21-17(22)10-14(25-12-13-6-2-1-3-7-13)11-20-18(23)15-8-4-5-9-16(15)19(20)24/h1-9,14H,10-12H2,(H,21,22). The van der Waals surface area contributed by atoms with E-state index in [4.69, 9.17) is 9.84 Å². The van der Waals surface area contributed by atoms with Crippen LogP contribution in [0.3, 0.4) is 0 Å². The summed E-state index contributed by atoms with van der Waals surface area (Å²) in [5.74, 6) is -1.88. The SMILES string of the molecule is O=C(O)CC(CN1C(=O)c2ccccc2C1=O)OCc1ccccc1. The molecule has 3 rings (SSSR count). The highest BCUT2D eigenvalue weighted by molar-refractivity contribution is 6.21. The molecule has 1 aliphatic rings. The van der Waals surface area contributed by atoms with Crippen LogP contribution in [0.25, 0.3) is 0 Å². The smallest absolute Gasteiger partial charge is 0.306 e. The van der Waals surface area contributed by atoms with E-state index in [0.717, 1.165) is 10.5 Å². The van der Waals surface area contributed by atoms with E-state index in [0.29, 0.717) is 11.1 Å². The van der Waals surface area contributed by atoms with E-state index in [9.17, 15) is 14.4 Å². The zero-order valence-electron chi connectivity index (χ0n) is 13.4. The lowest BCUT2D eigenvalue weighted by Crippen LogP contribution is -2.39. The number of hydrogen-bond donors (Lipinski definition) is 1. The van der Waals surface area contributed by atoms with Crippen molar-refractivity contribution in [1.82, 2.24) is 4.90 Å². The van der Waals surface area contributed by atoms with Gasteiger partial charge in [-0.05, 0) is 17.7 Å². The number of imide groups is 1. The number of benzene rings is 2. The first-order valence-electron chi connectivity index (χ1n) is 7.89. The van der Waals surface area contributed by atoms with Crippen LogP contribution in [0.15, 0.2) is 54.6 Å². The largest absolute Gasteiger partial charge is 0.481 e. The Morgan fingerprint density at radius 2 is 1.52 bits per heavy atom. The number of hydrogen-bond acceptors (Lipinski definition) is 4. The minimum absolute atomic E-state index is 0.0918. The molecule has 0 aromatic heterocycles. The van der Waals surface area contributed by atoms with Crippen molar-refractivity contribution in [1.29, 1.82) is 0 Å². The number of carboxylic acids is 1. The van der Waals surface area contributed by atoms with E-state index in [1.807, 2.05) is 30.3 Å². The molecule has 0 spiro atoms. The van der Waals surface area contributed by atoms with Crippen molar-refractivity contribution < 1.29 is 24.2 Å². The quantitative estimate of drug-likeness (QED) is 0.783. The van der Waals surface area contributed by atoms with Gasteiger partial charge in [0.15, 0.2) is 0 Å². The lowest BCUT2D eigenvalue weighted by Gasteiger charge is -2.22. The van der Waals surface area contributed by atoms with E-state index in [-0.39, 0.29) is 19.6 Å². The maximum atomic E-state index is 12.4. The highest BCUT2D eigenvalue weighted by atomic mass is 16.5. The Balaban J connectivity index is 1.71. The molecule has 0 fully saturated rings. The van der Waals surface area contributed by atoms with Crippen molar-refractivity contribution in [2.24, 2.45) is 0 Å². The minimum Gasteiger partial charge on any atom is -0.481 e. The van der Waals surface area contributed by atoms with E-state index >= 15 is 0 Å². The average Bonchev–Trinajstić information content (AvgIpc) is 2.85. The molecular formula is C19H17NO5. The summed E-state index contributed by atoms with van der Waals surface area (Å²) in [4.78, 5) is 37.0. The summed E-state index contributed by atoms with van der Waals surface area (Å²) >= 11 is 0. The minimum atomic E-state index is -1.05. The van der Waals surface area contributed by atoms with Crippen molar-refractivity contribution in [3.8, 4) is 0 Å². The molecule has 128 valence electrons. The predicted molar refractivity (Wildman–Crippen MR) is 89.1 cm³/mol. The molecule has 2 amide bonds. The van der Waals surface area contributed by atoms with Crippen molar-refractivity contribution >= 4 is 17.8 Å². The van der Waals surface area contributed by atoms with Gasteiger partial charge in [-0.3, -0.25) is 19.3 Å². The Bertz CT molecular complexity index is 767. The molecule has 1 unspecified atom stereocenters. The molecule has 1 atom stereocenters. The molecule has 6 heteroatoms. The van der Waals surface area contributed by atoms with Crippen LogP contribution in [0.5, 0.6) is 0 Å². The number of fused-ring (bicyclic) bond motifs is 1. The zero-order chi connectivity index (χ0) is 17.8. The Kier molecular flexibility index (Phi) is 4.90. The van der Waals surface area contributed by atoms with Gasteiger partial charge in [0.2, 0.25) is 0 Å². The van der Waals surface area contributed by atoms with Crippen LogP contribution in [0.2, 0.25) is 0 Å². The molecule has 2 aromatic carbocycles. The highest BCUT2D eigenvalue weighted by Crippen LogP contribution is 2.23. The van der Waals surface area contributed by atoms with Crippen molar-refractivity contribution in [3.05, 3.63) is 71.3 Å². The van der Waals surface area contributed by atoms with E-state index < -0.39 is 23.9 Å². The first kappa shape index (κ1) is 16.9. The van der Waals surface area contributed by atoms with Gasteiger partial charge in [0, 0.05) is 0 Å². The molecular weight excluding hydrogens is 322 g/mol. The predicted octanol–water partition coefficient (Wildman–Crippen LogP) is 2.34. The molecule has 0 radical (unpaired) electrons. The van der Waals surface area contributed by atoms with Crippen LogP contribution < -0.4 is 0 Å². The highest BCUT2D eigenvalue weighted by Gasteiger charge is 2.36. The third kappa shape index (κ3) is 3.75. The molecule has 25 heavy (non-hydrogen) atoms. The summed E-state index contributed by atoms with van der Waals surface area (Å²) in [7, 11) is 0. The number of carbonyl (C=O) groups excluding carboxylic acids is 2. The second-order valence-electron chi connectivity index (χ2n) is 5.78. The van der Waals surface area contributed by atoms with Crippen LogP contribution in [0.1, 0.15) is 32.7 Å². The van der Waals surface area contributed by atoms with Gasteiger partial charge in [-0.25, -0.2) is 0 Å². The Hall–Kier alpha value is -2.99. The molecule has 1 N–H and O–H groups in total. The van der Waals surface area contributed by atoms with E-state index in [2.05, 4.69) is 0 Å². The molecule has 1 aliphatic heterocycles. The van der Waals surface area contributed by atoms with Crippen molar-refractivity contribution in [2.45, 2.75) is 19.1 Å². The molecule has 0 bridgehead atoms. The molecule has 0 saturated heterocycles. The molecule has 0 aliphatic carbocycles. The fraction of sp³-hybridized carbons (Fsp3) is 0.211. The van der Waals surface area contributed by atoms with Crippen LogP contribution in [-0.2, 0) is 16.1 Å².